The Bertz CT molecular complexity index is 1160. The number of H-pyrrole nitrogens is 1. The number of aromatic amines is 1. The van der Waals surface area contributed by atoms with Gasteiger partial charge >= 0.3 is 5.97 Å². The molecular weight excluding hydrogens is 414 g/mol. The quantitative estimate of drug-likeness (QED) is 0.385. The van der Waals surface area contributed by atoms with Crippen LogP contribution in [0.5, 0.6) is 0 Å². The molecule has 0 saturated carbocycles. The van der Waals surface area contributed by atoms with E-state index < -0.39 is 0 Å². The van der Waals surface area contributed by atoms with Crippen LogP contribution in [0.25, 0.3) is 17.0 Å². The monoisotopic (exact) mass is 445 g/mol. The van der Waals surface area contributed by atoms with Crippen molar-refractivity contribution in [3.8, 4) is 0 Å². The highest BCUT2D eigenvalue weighted by atomic mass is 16.5. The molecule has 172 valence electrons. The Kier molecular flexibility index (Phi) is 7.25. The van der Waals surface area contributed by atoms with E-state index in [9.17, 15) is 9.59 Å². The number of nitrogens with one attached hydrogen (secondary N) is 2. The first-order chi connectivity index (χ1) is 16.0. The average molecular weight is 446 g/mol. The minimum Gasteiger partial charge on any atom is -0.466 e. The van der Waals surface area contributed by atoms with Gasteiger partial charge in [-0.25, -0.2) is 4.79 Å². The van der Waals surface area contributed by atoms with Crippen LogP contribution in [0.2, 0.25) is 0 Å². The first kappa shape index (κ1) is 22.8. The van der Waals surface area contributed by atoms with Gasteiger partial charge in [-0.3, -0.25) is 9.69 Å². The number of fused-ring (bicyclic) bond motifs is 2. The lowest BCUT2D eigenvalue weighted by atomic mass is 10.0. The molecule has 0 aliphatic heterocycles. The minimum atomic E-state index is -0.352. The molecule has 0 bridgehead atoms. The number of carbonyl (C=O) groups is 2. The maximum Gasteiger partial charge on any atom is 0.330 e. The predicted octanol–water partition coefficient (Wildman–Crippen LogP) is 4.02. The lowest BCUT2D eigenvalue weighted by molar-refractivity contribution is -0.134. The Morgan fingerprint density at radius 3 is 2.88 bits per heavy atom. The number of aryl methyl sites for hydroxylation is 1. The standard InChI is InChI=1S/C27H31N3O3/c1-19(31)28-14-16-30(15-13-22-18-29-25-6-4-3-5-23(22)25)26-11-9-21-17-20(7-10-24(21)26)8-12-27(32)33-2/h3-8,10,12,17-18,26,29H,9,11,13-16H2,1-2H3,(H,28,31). The Morgan fingerprint density at radius 1 is 1.21 bits per heavy atom. The van der Waals surface area contributed by atoms with E-state index in [0.29, 0.717) is 12.6 Å². The van der Waals surface area contributed by atoms with Crippen molar-refractivity contribution < 1.29 is 14.3 Å². The van der Waals surface area contributed by atoms with Crippen LogP contribution in [-0.4, -0.2) is 48.5 Å². The Labute approximate surface area is 194 Å². The zero-order valence-corrected chi connectivity index (χ0v) is 19.3. The van der Waals surface area contributed by atoms with E-state index in [1.807, 2.05) is 6.07 Å². The summed E-state index contributed by atoms with van der Waals surface area (Å²) in [5.74, 6) is -0.352. The number of aromatic nitrogens is 1. The number of esters is 1. The normalized spacial score (nSPS) is 15.3. The zero-order valence-electron chi connectivity index (χ0n) is 19.3. The molecule has 0 spiro atoms. The lowest BCUT2D eigenvalue weighted by Crippen LogP contribution is -2.37. The minimum absolute atomic E-state index is 0.000403. The molecule has 0 saturated heterocycles. The van der Waals surface area contributed by atoms with E-state index in [4.69, 9.17) is 0 Å². The molecule has 6 heteroatoms. The molecule has 1 aliphatic rings. The number of para-hydroxylation sites is 1. The molecule has 33 heavy (non-hydrogen) atoms. The van der Waals surface area contributed by atoms with E-state index >= 15 is 0 Å². The van der Waals surface area contributed by atoms with Crippen molar-refractivity contribution in [3.05, 3.63) is 77.0 Å². The molecule has 3 aromatic rings. The van der Waals surface area contributed by atoms with Crippen LogP contribution in [0.15, 0.2) is 54.7 Å². The van der Waals surface area contributed by atoms with E-state index in [2.05, 4.69) is 62.5 Å². The number of carbonyl (C=O) groups excluding carboxylic acids is 2. The van der Waals surface area contributed by atoms with Gasteiger partial charge < -0.3 is 15.0 Å². The van der Waals surface area contributed by atoms with Crippen LogP contribution in [-0.2, 0) is 27.2 Å². The van der Waals surface area contributed by atoms with Crippen LogP contribution in [0.4, 0.5) is 0 Å². The van der Waals surface area contributed by atoms with Gasteiger partial charge in [0.25, 0.3) is 0 Å². The van der Waals surface area contributed by atoms with E-state index in [1.54, 1.807) is 13.0 Å². The second kappa shape index (κ2) is 10.5. The van der Waals surface area contributed by atoms with Gasteiger partial charge in [-0.2, -0.15) is 0 Å². The molecule has 0 fully saturated rings. The van der Waals surface area contributed by atoms with Gasteiger partial charge in [-0.05, 0) is 53.7 Å². The summed E-state index contributed by atoms with van der Waals surface area (Å²) in [7, 11) is 1.38. The van der Waals surface area contributed by atoms with Crippen molar-refractivity contribution in [3.63, 3.8) is 0 Å². The van der Waals surface area contributed by atoms with Gasteiger partial charge in [-0.1, -0.05) is 36.4 Å². The molecule has 4 rings (SSSR count). The number of ether oxygens (including phenoxy) is 1. The van der Waals surface area contributed by atoms with Gasteiger partial charge in [0, 0.05) is 55.8 Å². The number of rotatable bonds is 9. The summed E-state index contributed by atoms with van der Waals surface area (Å²) < 4.78 is 4.69. The molecule has 1 unspecified atom stereocenters. The summed E-state index contributed by atoms with van der Waals surface area (Å²) in [6.45, 7) is 3.91. The maximum atomic E-state index is 11.4. The third kappa shape index (κ3) is 5.52. The molecule has 1 aliphatic carbocycles. The predicted molar refractivity (Wildman–Crippen MR) is 131 cm³/mol. The van der Waals surface area contributed by atoms with Crippen LogP contribution in [0, 0.1) is 0 Å². The summed E-state index contributed by atoms with van der Waals surface area (Å²) in [6.07, 6.45) is 8.35. The molecule has 2 N–H and O–H groups in total. The summed E-state index contributed by atoms with van der Waals surface area (Å²) in [4.78, 5) is 28.7. The van der Waals surface area contributed by atoms with Gasteiger partial charge in [-0.15, -0.1) is 0 Å². The number of nitrogens with zero attached hydrogens (tertiary/aromatic N) is 1. The van der Waals surface area contributed by atoms with Crippen LogP contribution in [0.1, 0.15) is 41.6 Å². The topological polar surface area (TPSA) is 74.4 Å². The highest BCUT2D eigenvalue weighted by molar-refractivity contribution is 5.87. The summed E-state index contributed by atoms with van der Waals surface area (Å²) in [6, 6.07) is 15.1. The molecular formula is C27H31N3O3. The van der Waals surface area contributed by atoms with Crippen molar-refractivity contribution in [1.29, 1.82) is 0 Å². The van der Waals surface area contributed by atoms with Gasteiger partial charge in [0.2, 0.25) is 5.91 Å². The van der Waals surface area contributed by atoms with Crippen molar-refractivity contribution in [2.45, 2.75) is 32.2 Å². The van der Waals surface area contributed by atoms with E-state index in [0.717, 1.165) is 43.4 Å². The van der Waals surface area contributed by atoms with Gasteiger partial charge in [0.05, 0.1) is 7.11 Å². The Balaban J connectivity index is 1.51. The van der Waals surface area contributed by atoms with Crippen LogP contribution >= 0.6 is 0 Å². The van der Waals surface area contributed by atoms with E-state index in [1.165, 1.54) is 35.3 Å². The third-order valence-electron chi connectivity index (χ3n) is 6.38. The number of hydrogen-bond acceptors (Lipinski definition) is 4. The fourth-order valence-corrected chi connectivity index (χ4v) is 4.73. The fraction of sp³-hybridized carbons (Fsp3) is 0.333. The summed E-state index contributed by atoms with van der Waals surface area (Å²) in [5.41, 5.74) is 6.15. The summed E-state index contributed by atoms with van der Waals surface area (Å²) >= 11 is 0. The van der Waals surface area contributed by atoms with Gasteiger partial charge in [0.1, 0.15) is 0 Å². The number of methoxy groups -OCH3 is 1. The van der Waals surface area contributed by atoms with Crippen molar-refractivity contribution in [2.75, 3.05) is 26.7 Å². The van der Waals surface area contributed by atoms with Crippen molar-refractivity contribution in [2.24, 2.45) is 0 Å². The van der Waals surface area contributed by atoms with E-state index in [-0.39, 0.29) is 11.9 Å². The molecule has 1 amide bonds. The SMILES string of the molecule is COC(=O)C=Cc1ccc2c(c1)CCC2N(CCNC(C)=O)CCc1c[nH]c2ccccc12. The summed E-state index contributed by atoms with van der Waals surface area (Å²) in [5, 5.41) is 4.22. The Morgan fingerprint density at radius 2 is 2.06 bits per heavy atom. The first-order valence-corrected chi connectivity index (χ1v) is 11.5. The molecule has 1 aromatic heterocycles. The highest BCUT2D eigenvalue weighted by Gasteiger charge is 2.28. The van der Waals surface area contributed by atoms with Crippen LogP contribution < -0.4 is 5.32 Å². The van der Waals surface area contributed by atoms with Crippen molar-refractivity contribution in [1.82, 2.24) is 15.2 Å². The highest BCUT2D eigenvalue weighted by Crippen LogP contribution is 2.36. The number of amides is 1. The van der Waals surface area contributed by atoms with Gasteiger partial charge in [0.15, 0.2) is 0 Å². The molecule has 6 nitrogen and oxygen atoms in total. The second-order valence-electron chi connectivity index (χ2n) is 8.50. The smallest absolute Gasteiger partial charge is 0.330 e. The Hall–Kier alpha value is -3.38. The molecule has 2 aromatic carbocycles. The maximum absolute atomic E-state index is 11.4. The van der Waals surface area contributed by atoms with Crippen LogP contribution in [0.3, 0.4) is 0 Å². The number of benzene rings is 2. The fourth-order valence-electron chi connectivity index (χ4n) is 4.73. The molecule has 0 radical (unpaired) electrons. The third-order valence-corrected chi connectivity index (χ3v) is 6.38. The first-order valence-electron chi connectivity index (χ1n) is 11.5. The lowest BCUT2D eigenvalue weighted by Gasteiger charge is -2.30. The molecule has 1 heterocycles. The molecule has 1 atom stereocenters. The average Bonchev–Trinajstić information content (AvgIpc) is 3.43. The number of hydrogen-bond donors (Lipinski definition) is 2. The zero-order chi connectivity index (χ0) is 23.2. The van der Waals surface area contributed by atoms with Crippen molar-refractivity contribution >= 4 is 28.9 Å². The second-order valence-corrected chi connectivity index (χ2v) is 8.50. The largest absolute Gasteiger partial charge is 0.466 e.